The zero-order valence-corrected chi connectivity index (χ0v) is 30.6. The number of allylic oxidation sites excluding steroid dienone is 1. The van der Waals surface area contributed by atoms with Crippen LogP contribution in [0.5, 0.6) is 5.19 Å². The minimum Gasteiger partial charge on any atom is -0.465 e. The molecule has 3 aromatic rings. The van der Waals surface area contributed by atoms with Crippen molar-refractivity contribution >= 4 is 78.2 Å². The molecule has 1 aromatic heterocycles. The van der Waals surface area contributed by atoms with Crippen LogP contribution in [-0.4, -0.2) is 71.0 Å². The van der Waals surface area contributed by atoms with Crippen molar-refractivity contribution < 1.29 is 27.5 Å². The third-order valence-corrected chi connectivity index (χ3v) is 14.1. The Labute approximate surface area is 305 Å². The summed E-state index contributed by atoms with van der Waals surface area (Å²) in [6.45, 7) is 1.72. The van der Waals surface area contributed by atoms with Crippen LogP contribution in [0.3, 0.4) is 0 Å². The van der Waals surface area contributed by atoms with Gasteiger partial charge in [0.15, 0.2) is 0 Å². The van der Waals surface area contributed by atoms with Gasteiger partial charge in [-0.1, -0.05) is 71.7 Å². The van der Waals surface area contributed by atoms with Gasteiger partial charge in [-0.2, -0.15) is 0 Å². The number of nitrogens with one attached hydrogen (secondary N) is 3. The highest BCUT2D eigenvalue weighted by Gasteiger charge is 2.63. The minimum absolute atomic E-state index is 0.113. The second kappa shape index (κ2) is 13.6. The van der Waals surface area contributed by atoms with E-state index >= 15 is 0 Å². The fourth-order valence-electron chi connectivity index (χ4n) is 6.78. The summed E-state index contributed by atoms with van der Waals surface area (Å²) in [6.07, 6.45) is 8.38. The van der Waals surface area contributed by atoms with Gasteiger partial charge >= 0.3 is 0 Å². The highest BCUT2D eigenvalue weighted by Crippen LogP contribution is 2.47. The predicted octanol–water partition coefficient (Wildman–Crippen LogP) is 5.83. The molecule has 2 aromatic carbocycles. The average Bonchev–Trinajstić information content (AvgIpc) is 3.88. The van der Waals surface area contributed by atoms with E-state index in [1.165, 1.54) is 16.2 Å². The molecule has 0 unspecified atom stereocenters. The Morgan fingerprint density at radius 1 is 1.10 bits per heavy atom. The van der Waals surface area contributed by atoms with Gasteiger partial charge in [0.2, 0.25) is 21.8 Å². The van der Waals surface area contributed by atoms with E-state index < -0.39 is 50.3 Å². The van der Waals surface area contributed by atoms with Crippen molar-refractivity contribution in [3.05, 3.63) is 64.7 Å². The van der Waals surface area contributed by atoms with Gasteiger partial charge < -0.3 is 20.3 Å². The van der Waals surface area contributed by atoms with Gasteiger partial charge in [0, 0.05) is 18.0 Å². The van der Waals surface area contributed by atoms with Gasteiger partial charge in [0.25, 0.3) is 11.1 Å². The quantitative estimate of drug-likeness (QED) is 0.255. The highest BCUT2D eigenvalue weighted by molar-refractivity contribution is 7.91. The number of sulfonamides is 1. The molecule has 1 saturated heterocycles. The molecule has 3 heterocycles. The van der Waals surface area contributed by atoms with Crippen molar-refractivity contribution in [1.29, 1.82) is 0 Å². The van der Waals surface area contributed by atoms with Crippen LogP contribution in [0.1, 0.15) is 64.7 Å². The predicted molar refractivity (Wildman–Crippen MR) is 194 cm³/mol. The molecule has 3 fully saturated rings. The molecule has 11 nitrogen and oxygen atoms in total. The van der Waals surface area contributed by atoms with Crippen molar-refractivity contribution in [1.82, 2.24) is 19.9 Å². The van der Waals surface area contributed by atoms with Crippen LogP contribution >= 0.6 is 34.5 Å². The first-order chi connectivity index (χ1) is 23.9. The Hall–Kier alpha value is -3.39. The minimum atomic E-state index is -3.94. The fourth-order valence-corrected chi connectivity index (χ4v) is 9.27. The largest absolute Gasteiger partial charge is 0.465 e. The van der Waals surface area contributed by atoms with Gasteiger partial charge in [-0.25, -0.2) is 13.4 Å². The SMILES string of the molecule is CC1(S(=O)(=O)NC(=O)[C@@]23C[C@@H]2/C=C\CCCCC[C@H](Nc2ccc(Cl)c(Cl)c2)C(=O)N2C[C@H](Oc4nc5ccccc5s4)C[C@H]2C(=O)N3)CC1. The second-order valence-electron chi connectivity index (χ2n) is 14.0. The molecule has 7 rings (SSSR count). The number of rotatable bonds is 7. The number of benzene rings is 2. The lowest BCUT2D eigenvalue weighted by molar-refractivity contribution is -0.140. The first-order valence-corrected chi connectivity index (χ1v) is 20.0. The Morgan fingerprint density at radius 3 is 2.66 bits per heavy atom. The van der Waals surface area contributed by atoms with Crippen LogP contribution in [0.2, 0.25) is 10.0 Å². The van der Waals surface area contributed by atoms with Crippen molar-refractivity contribution in [2.45, 2.75) is 93.2 Å². The summed E-state index contributed by atoms with van der Waals surface area (Å²) >= 11 is 13.8. The number of para-hydroxylation sites is 1. The maximum atomic E-state index is 14.5. The Balaban J connectivity index is 1.19. The molecule has 3 N–H and O–H groups in total. The number of ether oxygens (including phenoxy) is 1. The molecule has 3 amide bonds. The number of thiazole rings is 1. The Bertz CT molecular complexity index is 1930. The van der Waals surface area contributed by atoms with E-state index in [0.717, 1.165) is 35.9 Å². The molecular weight excluding hydrogens is 721 g/mol. The van der Waals surface area contributed by atoms with Crippen LogP contribution in [0.15, 0.2) is 54.6 Å². The summed E-state index contributed by atoms with van der Waals surface area (Å²) in [5.41, 5.74) is -0.0521. The van der Waals surface area contributed by atoms with Crippen LogP contribution in [0.4, 0.5) is 5.69 Å². The van der Waals surface area contributed by atoms with Crippen molar-refractivity contribution in [2.24, 2.45) is 5.92 Å². The number of carbonyl (C=O) groups is 3. The molecule has 2 aliphatic heterocycles. The van der Waals surface area contributed by atoms with Gasteiger partial charge in [-0.15, -0.1) is 0 Å². The summed E-state index contributed by atoms with van der Waals surface area (Å²) in [5.74, 6) is -1.98. The number of halogens is 2. The molecule has 4 aliphatic rings. The molecular formula is C35H39Cl2N5O6S2. The van der Waals surface area contributed by atoms with E-state index in [4.69, 9.17) is 27.9 Å². The zero-order valence-electron chi connectivity index (χ0n) is 27.5. The maximum absolute atomic E-state index is 14.5. The van der Waals surface area contributed by atoms with Gasteiger partial charge in [0.05, 0.1) is 31.6 Å². The van der Waals surface area contributed by atoms with Gasteiger partial charge in [-0.3, -0.25) is 19.1 Å². The van der Waals surface area contributed by atoms with Crippen LogP contribution in [0.25, 0.3) is 10.2 Å². The molecule has 2 saturated carbocycles. The van der Waals surface area contributed by atoms with Crippen LogP contribution in [-0.2, 0) is 24.4 Å². The van der Waals surface area contributed by atoms with Gasteiger partial charge in [0.1, 0.15) is 23.7 Å². The molecule has 2 aliphatic carbocycles. The second-order valence-corrected chi connectivity index (χ2v) is 18.0. The third kappa shape index (κ3) is 7.06. The smallest absolute Gasteiger partial charge is 0.274 e. The molecule has 0 radical (unpaired) electrons. The number of hydrogen-bond acceptors (Lipinski definition) is 9. The van der Waals surface area contributed by atoms with Crippen molar-refractivity contribution in [3.63, 3.8) is 0 Å². The van der Waals surface area contributed by atoms with E-state index in [0.29, 0.717) is 40.2 Å². The van der Waals surface area contributed by atoms with Crippen molar-refractivity contribution in [3.8, 4) is 5.19 Å². The topological polar surface area (TPSA) is 147 Å². The van der Waals surface area contributed by atoms with E-state index in [-0.39, 0.29) is 31.2 Å². The lowest BCUT2D eigenvalue weighted by atomic mass is 10.0. The number of fused-ring (bicyclic) bond motifs is 3. The molecule has 15 heteroatoms. The summed E-state index contributed by atoms with van der Waals surface area (Å²) in [7, 11) is -3.94. The summed E-state index contributed by atoms with van der Waals surface area (Å²) < 4.78 is 34.7. The van der Waals surface area contributed by atoms with E-state index in [1.54, 1.807) is 25.1 Å². The standard InChI is InChI=1S/C35H39Cl2N5O6S2/c1-34(15-16-34)50(46,47)41-32(45)35-19-21(35)9-5-3-2-4-6-11-27(38-22-13-14-24(36)25(37)17-22)31(44)42-20-23(18-28(42)30(43)40-35)48-33-39-26-10-7-8-12-29(26)49-33/h5,7-10,12-14,17,21,23,27-28,38H,2-4,6,11,15-16,18-20H2,1H3,(H,40,43)(H,41,45)/b9-5-/t21-,23+,27-,28-,35+/m0/s1. The molecule has 266 valence electrons. The number of carbonyl (C=O) groups excluding carboxylic acids is 3. The van der Waals surface area contributed by atoms with Crippen LogP contribution in [0, 0.1) is 5.92 Å². The number of amides is 3. The maximum Gasteiger partial charge on any atom is 0.274 e. The monoisotopic (exact) mass is 759 g/mol. The molecule has 50 heavy (non-hydrogen) atoms. The van der Waals surface area contributed by atoms with E-state index in [1.807, 2.05) is 36.4 Å². The lowest BCUT2D eigenvalue weighted by Crippen LogP contribution is -2.58. The average molecular weight is 761 g/mol. The molecule has 0 spiro atoms. The summed E-state index contributed by atoms with van der Waals surface area (Å²) in [6, 6.07) is 11.0. The third-order valence-electron chi connectivity index (χ3n) is 10.3. The molecule has 0 bridgehead atoms. The molecule has 5 atom stereocenters. The number of hydrogen-bond donors (Lipinski definition) is 3. The first kappa shape index (κ1) is 35.0. The normalized spacial score (nSPS) is 28.7. The number of anilines is 1. The highest BCUT2D eigenvalue weighted by atomic mass is 35.5. The Morgan fingerprint density at radius 2 is 1.90 bits per heavy atom. The lowest BCUT2D eigenvalue weighted by Gasteiger charge is -2.30. The fraction of sp³-hybridized carbons (Fsp3) is 0.486. The van der Waals surface area contributed by atoms with E-state index in [9.17, 15) is 22.8 Å². The zero-order chi connectivity index (χ0) is 35.3. The van der Waals surface area contributed by atoms with Crippen molar-refractivity contribution in [2.75, 3.05) is 11.9 Å². The van der Waals surface area contributed by atoms with Crippen LogP contribution < -0.4 is 20.1 Å². The number of nitrogens with zero attached hydrogens (tertiary/aromatic N) is 2. The summed E-state index contributed by atoms with van der Waals surface area (Å²) in [5, 5.41) is 7.42. The van der Waals surface area contributed by atoms with E-state index in [2.05, 4.69) is 20.3 Å². The van der Waals surface area contributed by atoms with Gasteiger partial charge in [-0.05, 0) is 75.8 Å². The first-order valence-electron chi connectivity index (χ1n) is 17.0. The number of aromatic nitrogens is 1. The summed E-state index contributed by atoms with van der Waals surface area (Å²) in [4.78, 5) is 48.7. The Kier molecular flexibility index (Phi) is 9.55.